The van der Waals surface area contributed by atoms with Gasteiger partial charge in [-0.25, -0.2) is 4.39 Å². The van der Waals surface area contributed by atoms with Gasteiger partial charge in [0.2, 0.25) is 0 Å². The van der Waals surface area contributed by atoms with Gasteiger partial charge in [-0.3, -0.25) is 0 Å². The first kappa shape index (κ1) is 8.63. The van der Waals surface area contributed by atoms with Gasteiger partial charge in [0.1, 0.15) is 0 Å². The maximum atomic E-state index is 12.3. The Labute approximate surface area is 59.6 Å². The number of alkyl halides is 1. The summed E-state index contributed by atoms with van der Waals surface area (Å²) in [7, 11) is 0. The third kappa shape index (κ3) is 4.78. The molecule has 0 fully saturated rings. The molecule has 3 heteroatoms. The fraction of sp³-hybridized carbons (Fsp3) is 1.00. The van der Waals surface area contributed by atoms with Crippen molar-refractivity contribution in [1.29, 1.82) is 0 Å². The van der Waals surface area contributed by atoms with Crippen molar-refractivity contribution in [2.24, 2.45) is 0 Å². The lowest BCUT2D eigenvalue weighted by molar-refractivity contribution is 0.489. The van der Waals surface area contributed by atoms with Crippen LogP contribution in [0, 0.1) is 0 Å². The predicted octanol–water partition coefficient (Wildman–Crippen LogP) is 2.35. The van der Waals surface area contributed by atoms with Crippen molar-refractivity contribution < 1.29 is 4.39 Å². The normalized spacial score (nSPS) is 14.6. The van der Waals surface area contributed by atoms with Crippen molar-refractivity contribution in [1.82, 2.24) is 0 Å². The smallest absolute Gasteiger partial charge is 0.154 e. The summed E-state index contributed by atoms with van der Waals surface area (Å²) in [5.74, 6) is 0.322. The molecule has 0 aliphatic carbocycles. The average molecular weight is 154 g/mol. The van der Waals surface area contributed by atoms with Gasteiger partial charge in [-0.15, -0.1) is 11.8 Å². The van der Waals surface area contributed by atoms with Crippen LogP contribution in [0.2, 0.25) is 0 Å². The molecule has 0 aromatic heterocycles. The van der Waals surface area contributed by atoms with Gasteiger partial charge in [0.25, 0.3) is 0 Å². The van der Waals surface area contributed by atoms with E-state index in [9.17, 15) is 4.39 Å². The molecule has 1 atom stereocenters. The van der Waals surface area contributed by atoms with Crippen LogP contribution < -0.4 is 0 Å². The van der Waals surface area contributed by atoms with Gasteiger partial charge in [0.15, 0.2) is 5.50 Å². The Morgan fingerprint density at radius 2 is 2.12 bits per heavy atom. The molecule has 0 N–H and O–H groups in total. The van der Waals surface area contributed by atoms with Gasteiger partial charge in [-0.1, -0.05) is 13.8 Å². The van der Waals surface area contributed by atoms with E-state index >= 15 is 0 Å². The molecule has 0 rings (SSSR count). The second-order valence-corrected chi connectivity index (χ2v) is 3.87. The quantitative estimate of drug-likeness (QED) is 0.609. The molecule has 0 radical (unpaired) electrons. The Hall–Kier alpha value is 0.630. The van der Waals surface area contributed by atoms with E-state index in [0.29, 0.717) is 11.0 Å². The van der Waals surface area contributed by atoms with E-state index < -0.39 is 5.50 Å². The molecule has 0 nitrogen and oxygen atoms in total. The zero-order valence-electron chi connectivity index (χ0n) is 5.10. The molecule has 0 saturated carbocycles. The van der Waals surface area contributed by atoms with E-state index in [2.05, 4.69) is 12.6 Å². The number of thioether (sulfide) groups is 1. The number of hydrogen-bond donors (Lipinski definition) is 1. The maximum absolute atomic E-state index is 12.3. The molecule has 0 aliphatic rings. The fourth-order valence-electron chi connectivity index (χ4n) is 0.338. The van der Waals surface area contributed by atoms with Crippen molar-refractivity contribution in [3.63, 3.8) is 0 Å². The minimum Gasteiger partial charge on any atom is -0.235 e. The Balaban J connectivity index is 3.10. The summed E-state index contributed by atoms with van der Waals surface area (Å²) >= 11 is 5.11. The highest BCUT2D eigenvalue weighted by atomic mass is 32.2. The molecular weight excluding hydrogens is 143 g/mol. The molecule has 0 aromatic carbocycles. The van der Waals surface area contributed by atoms with Gasteiger partial charge in [0.05, 0.1) is 0 Å². The first-order valence-electron chi connectivity index (χ1n) is 2.57. The van der Waals surface area contributed by atoms with Crippen molar-refractivity contribution in [3.8, 4) is 0 Å². The summed E-state index contributed by atoms with van der Waals surface area (Å²) < 4.78 is 12.3. The molecular formula is C5H11FS2. The number of rotatable bonds is 3. The van der Waals surface area contributed by atoms with E-state index in [1.54, 1.807) is 0 Å². The van der Waals surface area contributed by atoms with Crippen LogP contribution in [0.1, 0.15) is 13.8 Å². The van der Waals surface area contributed by atoms with Crippen molar-refractivity contribution in [3.05, 3.63) is 0 Å². The topological polar surface area (TPSA) is 0 Å². The molecule has 0 aliphatic heterocycles. The van der Waals surface area contributed by atoms with Gasteiger partial charge in [0, 0.05) is 11.0 Å². The highest BCUT2D eigenvalue weighted by Gasteiger charge is 2.05. The monoisotopic (exact) mass is 154 g/mol. The lowest BCUT2D eigenvalue weighted by Gasteiger charge is -2.05. The van der Waals surface area contributed by atoms with Gasteiger partial charge in [-0.2, -0.15) is 12.6 Å². The minimum absolute atomic E-state index is 0.322. The Kier molecular flexibility index (Phi) is 4.86. The van der Waals surface area contributed by atoms with Gasteiger partial charge in [-0.05, 0) is 0 Å². The van der Waals surface area contributed by atoms with Gasteiger partial charge < -0.3 is 0 Å². The van der Waals surface area contributed by atoms with E-state index in [1.165, 1.54) is 11.8 Å². The van der Waals surface area contributed by atoms with Crippen LogP contribution in [0.25, 0.3) is 0 Å². The molecule has 0 heterocycles. The molecule has 0 aromatic rings. The minimum atomic E-state index is -0.793. The first-order valence-corrected chi connectivity index (χ1v) is 4.14. The Morgan fingerprint density at radius 1 is 1.62 bits per heavy atom. The summed E-state index contributed by atoms with van der Waals surface area (Å²) in [6.45, 7) is 3.95. The number of halogens is 1. The second kappa shape index (κ2) is 4.50. The molecule has 0 amide bonds. The SMILES string of the molecule is CC(C)SC(F)CS. The Bertz CT molecular complexity index is 56.4. The van der Waals surface area contributed by atoms with Crippen LogP contribution >= 0.6 is 24.4 Å². The third-order valence-corrected chi connectivity index (χ3v) is 2.14. The van der Waals surface area contributed by atoms with E-state index in [-0.39, 0.29) is 0 Å². The van der Waals surface area contributed by atoms with Gasteiger partial charge >= 0.3 is 0 Å². The maximum Gasteiger partial charge on any atom is 0.154 e. The summed E-state index contributed by atoms with van der Waals surface area (Å²) in [6.07, 6.45) is 0. The zero-order chi connectivity index (χ0) is 6.57. The van der Waals surface area contributed by atoms with Crippen molar-refractivity contribution in [2.45, 2.75) is 24.6 Å². The van der Waals surface area contributed by atoms with Crippen LogP contribution in [0.4, 0.5) is 4.39 Å². The molecule has 8 heavy (non-hydrogen) atoms. The van der Waals surface area contributed by atoms with E-state index in [4.69, 9.17) is 0 Å². The predicted molar refractivity (Wildman–Crippen MR) is 41.5 cm³/mol. The second-order valence-electron chi connectivity index (χ2n) is 1.78. The highest BCUT2D eigenvalue weighted by Crippen LogP contribution is 2.18. The molecule has 0 saturated heterocycles. The number of hydrogen-bond acceptors (Lipinski definition) is 2. The lowest BCUT2D eigenvalue weighted by Crippen LogP contribution is -2.00. The number of thiol groups is 1. The zero-order valence-corrected chi connectivity index (χ0v) is 6.81. The van der Waals surface area contributed by atoms with Crippen molar-refractivity contribution in [2.75, 3.05) is 5.75 Å². The van der Waals surface area contributed by atoms with Crippen LogP contribution in [-0.2, 0) is 0 Å². The largest absolute Gasteiger partial charge is 0.235 e. The fourth-order valence-corrected chi connectivity index (χ4v) is 1.27. The third-order valence-electron chi connectivity index (χ3n) is 0.563. The highest BCUT2D eigenvalue weighted by molar-refractivity contribution is 8.01. The average Bonchev–Trinajstić information content (AvgIpc) is 1.65. The van der Waals surface area contributed by atoms with E-state index in [1.807, 2.05) is 13.8 Å². The molecule has 0 spiro atoms. The lowest BCUT2D eigenvalue weighted by atomic mass is 10.6. The van der Waals surface area contributed by atoms with Crippen LogP contribution in [-0.4, -0.2) is 16.5 Å². The van der Waals surface area contributed by atoms with Crippen LogP contribution in [0.15, 0.2) is 0 Å². The van der Waals surface area contributed by atoms with Crippen LogP contribution in [0.3, 0.4) is 0 Å². The first-order chi connectivity index (χ1) is 3.66. The molecule has 1 unspecified atom stereocenters. The summed E-state index contributed by atoms with van der Waals surface area (Å²) in [6, 6.07) is 0. The van der Waals surface area contributed by atoms with Crippen LogP contribution in [0.5, 0.6) is 0 Å². The standard InChI is InChI=1S/C5H11FS2/c1-4(2)8-5(6)3-7/h4-5,7H,3H2,1-2H3. The summed E-state index contributed by atoms with van der Waals surface area (Å²) in [4.78, 5) is 0. The summed E-state index contributed by atoms with van der Waals surface area (Å²) in [5, 5.41) is 0.372. The Morgan fingerprint density at radius 3 is 2.25 bits per heavy atom. The molecule has 50 valence electrons. The van der Waals surface area contributed by atoms with Crippen molar-refractivity contribution >= 4 is 24.4 Å². The summed E-state index contributed by atoms with van der Waals surface area (Å²) in [5.41, 5.74) is -0.793. The van der Waals surface area contributed by atoms with E-state index in [0.717, 1.165) is 0 Å². The molecule has 0 bridgehead atoms.